The van der Waals surface area contributed by atoms with Crippen molar-refractivity contribution in [2.24, 2.45) is 5.41 Å². The summed E-state index contributed by atoms with van der Waals surface area (Å²) in [6.45, 7) is 7.35. The van der Waals surface area contributed by atoms with Crippen molar-refractivity contribution in [3.8, 4) is 0 Å². The molecule has 0 bridgehead atoms. The number of rotatable bonds is 5. The van der Waals surface area contributed by atoms with E-state index in [1.54, 1.807) is 0 Å². The third-order valence-corrected chi connectivity index (χ3v) is 4.19. The van der Waals surface area contributed by atoms with Crippen molar-refractivity contribution in [1.29, 1.82) is 0 Å². The number of hydrogen-bond acceptors (Lipinski definition) is 3. The molecule has 1 unspecified atom stereocenters. The van der Waals surface area contributed by atoms with Gasteiger partial charge in [0.15, 0.2) is 0 Å². The smallest absolute Gasteiger partial charge is 0.322 e. The van der Waals surface area contributed by atoms with Gasteiger partial charge in [0.25, 0.3) is 0 Å². The van der Waals surface area contributed by atoms with Gasteiger partial charge in [-0.2, -0.15) is 0 Å². The van der Waals surface area contributed by atoms with Crippen molar-refractivity contribution >= 4 is 5.97 Å². The minimum atomic E-state index is -0.703. The third-order valence-electron chi connectivity index (χ3n) is 4.19. The normalized spacial score (nSPS) is 26.6. The highest BCUT2D eigenvalue weighted by Crippen LogP contribution is 2.29. The molecule has 2 rings (SSSR count). The predicted molar refractivity (Wildman–Crippen MR) is 71.7 cm³/mol. The van der Waals surface area contributed by atoms with Gasteiger partial charge in [0.1, 0.15) is 6.04 Å². The van der Waals surface area contributed by atoms with Gasteiger partial charge in [-0.1, -0.05) is 13.8 Å². The van der Waals surface area contributed by atoms with E-state index in [1.165, 1.54) is 19.3 Å². The summed E-state index contributed by atoms with van der Waals surface area (Å²) in [5.74, 6) is -0.703. The predicted octanol–water partition coefficient (Wildman–Crippen LogP) is 1.70. The van der Waals surface area contributed by atoms with Crippen LogP contribution in [-0.2, 0) is 4.79 Å². The van der Waals surface area contributed by atoms with E-state index in [0.717, 1.165) is 25.9 Å². The van der Waals surface area contributed by atoms with E-state index in [9.17, 15) is 9.90 Å². The van der Waals surface area contributed by atoms with Crippen LogP contribution in [0.15, 0.2) is 0 Å². The van der Waals surface area contributed by atoms with E-state index < -0.39 is 12.0 Å². The van der Waals surface area contributed by atoms with E-state index >= 15 is 0 Å². The van der Waals surface area contributed by atoms with Crippen LogP contribution in [0, 0.1) is 5.41 Å². The number of nitrogens with one attached hydrogen (secondary N) is 1. The third kappa shape index (κ3) is 4.25. The molecule has 18 heavy (non-hydrogen) atoms. The lowest BCUT2D eigenvalue weighted by Gasteiger charge is -2.26. The molecule has 0 spiro atoms. The van der Waals surface area contributed by atoms with Crippen LogP contribution < -0.4 is 5.32 Å². The van der Waals surface area contributed by atoms with Gasteiger partial charge in [-0.25, -0.2) is 0 Å². The molecular weight excluding hydrogens is 228 g/mol. The Labute approximate surface area is 110 Å². The number of carbonyl (C=O) groups is 1. The molecule has 2 N–H and O–H groups in total. The maximum absolute atomic E-state index is 11.3. The lowest BCUT2D eigenvalue weighted by molar-refractivity contribution is -0.140. The van der Waals surface area contributed by atoms with Crippen LogP contribution in [0.4, 0.5) is 0 Å². The summed E-state index contributed by atoms with van der Waals surface area (Å²) >= 11 is 0. The van der Waals surface area contributed by atoms with Gasteiger partial charge >= 0.3 is 5.97 Å². The molecule has 2 aliphatic rings. The number of aliphatic carboxylic acids is 1. The van der Waals surface area contributed by atoms with E-state index in [4.69, 9.17) is 0 Å². The minimum absolute atomic E-state index is 0.390. The number of hydrogen-bond donors (Lipinski definition) is 2. The highest BCUT2D eigenvalue weighted by atomic mass is 16.4. The summed E-state index contributed by atoms with van der Waals surface area (Å²) < 4.78 is 0. The first-order chi connectivity index (χ1) is 8.46. The van der Waals surface area contributed by atoms with Gasteiger partial charge in [-0.15, -0.1) is 0 Å². The summed E-state index contributed by atoms with van der Waals surface area (Å²) in [5.41, 5.74) is 0.414. The van der Waals surface area contributed by atoms with Crippen LogP contribution >= 0.6 is 0 Å². The van der Waals surface area contributed by atoms with Crippen LogP contribution in [0.3, 0.4) is 0 Å². The molecule has 0 aromatic carbocycles. The molecular formula is C14H26N2O2. The second-order valence-electron chi connectivity index (χ2n) is 6.65. The molecule has 1 saturated carbocycles. The lowest BCUT2D eigenvalue weighted by atomic mass is 9.85. The first-order valence-electron chi connectivity index (χ1n) is 7.17. The van der Waals surface area contributed by atoms with Crippen molar-refractivity contribution < 1.29 is 9.90 Å². The SMILES string of the molecule is CC1(C)CCCN(CC(NC2CC2)C(=O)O)CC1. The molecule has 1 saturated heterocycles. The molecule has 4 nitrogen and oxygen atoms in total. The summed E-state index contributed by atoms with van der Waals surface area (Å²) in [6.07, 6.45) is 5.87. The molecule has 1 aliphatic carbocycles. The summed E-state index contributed by atoms with van der Waals surface area (Å²) in [6, 6.07) is 0.0632. The van der Waals surface area contributed by atoms with Gasteiger partial charge in [0.05, 0.1) is 0 Å². The average Bonchev–Trinajstić information content (AvgIpc) is 3.07. The second kappa shape index (κ2) is 5.57. The van der Waals surface area contributed by atoms with Crippen LogP contribution in [0.1, 0.15) is 46.0 Å². The second-order valence-corrected chi connectivity index (χ2v) is 6.65. The Kier molecular flexibility index (Phi) is 4.28. The topological polar surface area (TPSA) is 52.6 Å². The number of likely N-dealkylation sites (tertiary alicyclic amines) is 1. The average molecular weight is 254 g/mol. The van der Waals surface area contributed by atoms with Crippen molar-refractivity contribution in [3.63, 3.8) is 0 Å². The Morgan fingerprint density at radius 1 is 1.39 bits per heavy atom. The van der Waals surface area contributed by atoms with Crippen LogP contribution in [-0.4, -0.2) is 47.7 Å². The van der Waals surface area contributed by atoms with Gasteiger partial charge in [0, 0.05) is 12.6 Å². The lowest BCUT2D eigenvalue weighted by Crippen LogP contribution is -2.47. The number of carboxylic acid groups (broad SMARTS) is 1. The Morgan fingerprint density at radius 3 is 2.72 bits per heavy atom. The molecule has 1 heterocycles. The fraction of sp³-hybridized carbons (Fsp3) is 0.929. The number of carboxylic acids is 1. The van der Waals surface area contributed by atoms with Crippen LogP contribution in [0.25, 0.3) is 0 Å². The molecule has 1 atom stereocenters. The molecule has 2 fully saturated rings. The van der Waals surface area contributed by atoms with Gasteiger partial charge < -0.3 is 15.3 Å². The number of nitrogens with zero attached hydrogens (tertiary/aromatic N) is 1. The maximum atomic E-state index is 11.3. The Balaban J connectivity index is 1.84. The van der Waals surface area contributed by atoms with Crippen molar-refractivity contribution in [1.82, 2.24) is 10.2 Å². The van der Waals surface area contributed by atoms with Gasteiger partial charge in [-0.3, -0.25) is 4.79 Å². The summed E-state index contributed by atoms with van der Waals surface area (Å²) in [4.78, 5) is 13.6. The molecule has 0 aromatic heterocycles. The fourth-order valence-electron chi connectivity index (χ4n) is 2.66. The minimum Gasteiger partial charge on any atom is -0.480 e. The highest BCUT2D eigenvalue weighted by Gasteiger charge is 2.30. The van der Waals surface area contributed by atoms with Crippen molar-refractivity contribution in [2.75, 3.05) is 19.6 Å². The Bertz CT molecular complexity index is 300. The standard InChI is InChI=1S/C14H26N2O2/c1-14(2)6-3-8-16(9-7-14)10-12(13(17)18)15-11-4-5-11/h11-12,15H,3-10H2,1-2H3,(H,17,18). The monoisotopic (exact) mass is 254 g/mol. The first kappa shape index (κ1) is 13.8. The fourth-order valence-corrected chi connectivity index (χ4v) is 2.66. The largest absolute Gasteiger partial charge is 0.480 e. The first-order valence-corrected chi connectivity index (χ1v) is 7.17. The quantitative estimate of drug-likeness (QED) is 0.784. The van der Waals surface area contributed by atoms with E-state index in [2.05, 4.69) is 24.1 Å². The van der Waals surface area contributed by atoms with Crippen LogP contribution in [0.2, 0.25) is 0 Å². The van der Waals surface area contributed by atoms with Crippen molar-refractivity contribution in [3.05, 3.63) is 0 Å². The Morgan fingerprint density at radius 2 is 2.11 bits per heavy atom. The van der Waals surface area contributed by atoms with E-state index in [1.807, 2.05) is 0 Å². The molecule has 4 heteroatoms. The molecule has 104 valence electrons. The maximum Gasteiger partial charge on any atom is 0.322 e. The summed E-state index contributed by atoms with van der Waals surface area (Å²) in [5, 5.41) is 12.5. The van der Waals surface area contributed by atoms with E-state index in [0.29, 0.717) is 18.0 Å². The zero-order valence-electron chi connectivity index (χ0n) is 11.6. The molecule has 0 amide bonds. The van der Waals surface area contributed by atoms with Gasteiger partial charge in [0.2, 0.25) is 0 Å². The summed E-state index contributed by atoms with van der Waals surface area (Å²) in [7, 11) is 0. The Hall–Kier alpha value is -0.610. The van der Waals surface area contributed by atoms with Crippen LogP contribution in [0.5, 0.6) is 0 Å². The van der Waals surface area contributed by atoms with E-state index in [-0.39, 0.29) is 0 Å². The zero-order chi connectivity index (χ0) is 13.2. The highest BCUT2D eigenvalue weighted by molar-refractivity contribution is 5.73. The zero-order valence-corrected chi connectivity index (χ0v) is 11.6. The molecule has 0 aromatic rings. The van der Waals surface area contributed by atoms with Gasteiger partial charge in [-0.05, 0) is 50.6 Å². The molecule has 1 aliphatic heterocycles. The molecule has 0 radical (unpaired) electrons. The van der Waals surface area contributed by atoms with Crippen molar-refractivity contribution in [2.45, 2.75) is 58.0 Å².